The van der Waals surface area contributed by atoms with Crippen molar-refractivity contribution < 1.29 is 22.7 Å². The normalized spacial score (nSPS) is 11.4. The second-order valence-electron chi connectivity index (χ2n) is 9.68. The highest BCUT2D eigenvalue weighted by Crippen LogP contribution is 2.27. The SMILES string of the molecule is CCOc1ccc(N(CC(=O)N/N=C\c2ccc(OCc3cccc4ccccc34)cc2)S(=O)(=O)c2ccc(Cl)cc2)cc1. The van der Waals surface area contributed by atoms with Crippen molar-refractivity contribution in [1.29, 1.82) is 0 Å². The van der Waals surface area contributed by atoms with Crippen LogP contribution in [0.2, 0.25) is 5.02 Å². The fourth-order valence-corrected chi connectivity index (χ4v) is 6.05. The first-order chi connectivity index (χ1) is 21.3. The molecule has 0 saturated carbocycles. The monoisotopic (exact) mass is 627 g/mol. The molecule has 1 N–H and O–H groups in total. The van der Waals surface area contributed by atoms with Crippen LogP contribution in [0.3, 0.4) is 0 Å². The smallest absolute Gasteiger partial charge is 0.264 e. The van der Waals surface area contributed by atoms with Gasteiger partial charge in [0.15, 0.2) is 0 Å². The number of amides is 1. The fraction of sp³-hybridized carbons (Fsp3) is 0.118. The predicted molar refractivity (Wildman–Crippen MR) is 174 cm³/mol. The van der Waals surface area contributed by atoms with Crippen LogP contribution >= 0.6 is 11.6 Å². The second kappa shape index (κ2) is 14.1. The molecule has 0 aliphatic rings. The maximum atomic E-state index is 13.5. The van der Waals surface area contributed by atoms with Gasteiger partial charge in [0.2, 0.25) is 0 Å². The van der Waals surface area contributed by atoms with Crippen molar-refractivity contribution in [1.82, 2.24) is 5.43 Å². The highest BCUT2D eigenvalue weighted by Gasteiger charge is 2.27. The van der Waals surface area contributed by atoms with Crippen molar-refractivity contribution >= 4 is 50.2 Å². The average Bonchev–Trinajstić information content (AvgIpc) is 3.04. The summed E-state index contributed by atoms with van der Waals surface area (Å²) in [7, 11) is -4.10. The van der Waals surface area contributed by atoms with E-state index in [4.69, 9.17) is 21.1 Å². The van der Waals surface area contributed by atoms with Crippen LogP contribution in [0.4, 0.5) is 5.69 Å². The summed E-state index contributed by atoms with van der Waals surface area (Å²) in [5.74, 6) is 0.652. The standard InChI is InChI=1S/C34H30ClN3O5S/c1-2-42-30-18-14-29(15-19-30)38(44(40,41)32-20-12-28(35)13-21-32)23-34(39)37-36-22-25-10-16-31(17-11-25)43-24-27-8-5-7-26-6-3-4-9-33(26)27/h3-22H,2,23-24H2,1H3,(H,37,39)/b36-22-. The first kappa shape index (κ1) is 30.6. The number of nitrogens with one attached hydrogen (secondary N) is 1. The summed E-state index contributed by atoms with van der Waals surface area (Å²) in [6, 6.07) is 33.8. The van der Waals surface area contributed by atoms with Crippen LogP contribution in [0.25, 0.3) is 10.8 Å². The Morgan fingerprint density at radius 2 is 1.50 bits per heavy atom. The van der Waals surface area contributed by atoms with E-state index in [0.717, 1.165) is 26.2 Å². The van der Waals surface area contributed by atoms with E-state index in [2.05, 4.69) is 28.7 Å². The van der Waals surface area contributed by atoms with Crippen molar-refractivity contribution in [3.8, 4) is 11.5 Å². The molecule has 5 aromatic rings. The largest absolute Gasteiger partial charge is 0.494 e. The Kier molecular flexibility index (Phi) is 9.79. The number of hydrogen-bond donors (Lipinski definition) is 1. The molecule has 224 valence electrons. The lowest BCUT2D eigenvalue weighted by molar-refractivity contribution is -0.119. The van der Waals surface area contributed by atoms with Gasteiger partial charge in [-0.15, -0.1) is 0 Å². The maximum Gasteiger partial charge on any atom is 0.264 e. The molecule has 1 amide bonds. The lowest BCUT2D eigenvalue weighted by Gasteiger charge is -2.24. The average molecular weight is 628 g/mol. The van der Waals surface area contributed by atoms with Gasteiger partial charge in [0.1, 0.15) is 24.7 Å². The highest BCUT2D eigenvalue weighted by molar-refractivity contribution is 7.92. The van der Waals surface area contributed by atoms with Crippen LogP contribution in [0.1, 0.15) is 18.1 Å². The zero-order chi connectivity index (χ0) is 30.9. The third-order valence-corrected chi connectivity index (χ3v) is 8.72. The Hall–Kier alpha value is -4.86. The first-order valence-electron chi connectivity index (χ1n) is 13.9. The number of sulfonamides is 1. The molecule has 0 bridgehead atoms. The summed E-state index contributed by atoms with van der Waals surface area (Å²) in [5, 5.41) is 6.73. The Bertz CT molecular complexity index is 1860. The number of benzene rings is 5. The Morgan fingerprint density at radius 1 is 0.841 bits per heavy atom. The van der Waals surface area contributed by atoms with Gasteiger partial charge in [0, 0.05) is 5.02 Å². The number of ether oxygens (including phenoxy) is 2. The minimum atomic E-state index is -4.10. The van der Waals surface area contributed by atoms with Crippen molar-refractivity contribution in [3.63, 3.8) is 0 Å². The van der Waals surface area contributed by atoms with E-state index in [1.807, 2.05) is 55.5 Å². The number of hydrazone groups is 1. The van der Waals surface area contributed by atoms with E-state index >= 15 is 0 Å². The van der Waals surface area contributed by atoms with Gasteiger partial charge in [0.25, 0.3) is 15.9 Å². The van der Waals surface area contributed by atoms with E-state index in [9.17, 15) is 13.2 Å². The van der Waals surface area contributed by atoms with Crippen LogP contribution in [0, 0.1) is 0 Å². The van der Waals surface area contributed by atoms with Crippen molar-refractivity contribution in [2.45, 2.75) is 18.4 Å². The van der Waals surface area contributed by atoms with Crippen molar-refractivity contribution in [3.05, 3.63) is 131 Å². The Labute approximate surface area is 261 Å². The number of nitrogens with zero attached hydrogens (tertiary/aromatic N) is 2. The lowest BCUT2D eigenvalue weighted by atomic mass is 10.1. The summed E-state index contributed by atoms with van der Waals surface area (Å²) >= 11 is 5.96. The molecule has 0 saturated heterocycles. The summed E-state index contributed by atoms with van der Waals surface area (Å²) in [5.41, 5.74) is 4.53. The van der Waals surface area contributed by atoms with E-state index in [1.54, 1.807) is 24.3 Å². The Balaban J connectivity index is 1.23. The number of anilines is 1. The van der Waals surface area contributed by atoms with Gasteiger partial charge in [-0.1, -0.05) is 54.1 Å². The second-order valence-corrected chi connectivity index (χ2v) is 12.0. The van der Waals surface area contributed by atoms with Crippen LogP contribution in [0.5, 0.6) is 11.5 Å². The Morgan fingerprint density at radius 3 is 2.23 bits per heavy atom. The van der Waals surface area contributed by atoms with Crippen LogP contribution in [-0.4, -0.2) is 33.7 Å². The molecular formula is C34H30ClN3O5S. The fourth-order valence-electron chi connectivity index (χ4n) is 4.50. The van der Waals surface area contributed by atoms with E-state index < -0.39 is 22.5 Å². The number of carbonyl (C=O) groups excluding carboxylic acids is 1. The molecular weight excluding hydrogens is 598 g/mol. The molecule has 0 atom stereocenters. The first-order valence-corrected chi connectivity index (χ1v) is 15.7. The molecule has 0 fully saturated rings. The summed E-state index contributed by atoms with van der Waals surface area (Å²) in [4.78, 5) is 12.9. The van der Waals surface area contributed by atoms with Crippen LogP contribution in [-0.2, 0) is 21.4 Å². The molecule has 0 aromatic heterocycles. The molecule has 0 radical (unpaired) electrons. The summed E-state index contributed by atoms with van der Waals surface area (Å²) in [6.45, 7) is 2.24. The molecule has 0 aliphatic heterocycles. The quantitative estimate of drug-likeness (QED) is 0.121. The third-order valence-electron chi connectivity index (χ3n) is 6.68. The maximum absolute atomic E-state index is 13.5. The number of fused-ring (bicyclic) bond motifs is 1. The van der Waals surface area contributed by atoms with Gasteiger partial charge in [-0.05, 0) is 102 Å². The van der Waals surface area contributed by atoms with Gasteiger partial charge < -0.3 is 9.47 Å². The van der Waals surface area contributed by atoms with Gasteiger partial charge in [-0.25, -0.2) is 13.8 Å². The van der Waals surface area contributed by atoms with Crippen molar-refractivity contribution in [2.24, 2.45) is 5.10 Å². The topological polar surface area (TPSA) is 97.3 Å². The minimum absolute atomic E-state index is 0.00477. The number of rotatable bonds is 12. The van der Waals surface area contributed by atoms with Crippen molar-refractivity contribution in [2.75, 3.05) is 17.5 Å². The molecule has 0 spiro atoms. The molecule has 44 heavy (non-hydrogen) atoms. The van der Waals surface area contributed by atoms with Crippen LogP contribution in [0.15, 0.2) is 125 Å². The summed E-state index contributed by atoms with van der Waals surface area (Å²) in [6.07, 6.45) is 1.47. The van der Waals surface area contributed by atoms with E-state index in [0.29, 0.717) is 35.4 Å². The third kappa shape index (κ3) is 7.55. The zero-order valence-electron chi connectivity index (χ0n) is 23.9. The zero-order valence-corrected chi connectivity index (χ0v) is 25.5. The molecule has 5 aromatic carbocycles. The molecule has 0 unspecified atom stereocenters. The van der Waals surface area contributed by atoms with E-state index in [-0.39, 0.29) is 4.90 Å². The number of hydrogen-bond acceptors (Lipinski definition) is 6. The summed E-state index contributed by atoms with van der Waals surface area (Å²) < 4.78 is 39.6. The molecule has 0 heterocycles. The molecule has 10 heteroatoms. The minimum Gasteiger partial charge on any atom is -0.494 e. The molecule has 5 rings (SSSR count). The van der Waals surface area contributed by atoms with E-state index in [1.165, 1.54) is 30.5 Å². The lowest BCUT2D eigenvalue weighted by Crippen LogP contribution is -2.39. The predicted octanol–water partition coefficient (Wildman–Crippen LogP) is 6.82. The highest BCUT2D eigenvalue weighted by atomic mass is 35.5. The number of halogens is 1. The van der Waals surface area contributed by atoms with Gasteiger partial charge in [0.05, 0.1) is 23.4 Å². The van der Waals surface area contributed by atoms with Gasteiger partial charge >= 0.3 is 0 Å². The van der Waals surface area contributed by atoms with Gasteiger partial charge in [-0.3, -0.25) is 9.10 Å². The van der Waals surface area contributed by atoms with Gasteiger partial charge in [-0.2, -0.15) is 5.10 Å². The molecule has 8 nitrogen and oxygen atoms in total. The van der Waals surface area contributed by atoms with Crippen LogP contribution < -0.4 is 19.2 Å². The number of carbonyl (C=O) groups is 1. The molecule has 0 aliphatic carbocycles.